The van der Waals surface area contributed by atoms with Crippen LogP contribution < -0.4 is 5.32 Å². The molecule has 20 heavy (non-hydrogen) atoms. The average Bonchev–Trinajstić information content (AvgIpc) is 2.88. The number of thiazole rings is 1. The van der Waals surface area contributed by atoms with E-state index in [1.54, 1.807) is 0 Å². The van der Waals surface area contributed by atoms with Crippen LogP contribution in [0.1, 0.15) is 16.8 Å². The molecule has 3 nitrogen and oxygen atoms in total. The molecule has 1 heterocycles. The summed E-state index contributed by atoms with van der Waals surface area (Å²) in [6.07, 6.45) is -3.72. The number of benzene rings is 1. The molecule has 0 spiro atoms. The minimum Gasteiger partial charge on any atom is -0.392 e. The van der Waals surface area contributed by atoms with Crippen molar-refractivity contribution >= 4 is 16.5 Å². The van der Waals surface area contributed by atoms with Crippen LogP contribution >= 0.6 is 11.3 Å². The largest absolute Gasteiger partial charge is 0.434 e. The topological polar surface area (TPSA) is 45.1 Å². The smallest absolute Gasteiger partial charge is 0.392 e. The fourth-order valence-corrected chi connectivity index (χ4v) is 2.36. The molecular weight excluding hydrogens is 289 g/mol. The highest BCUT2D eigenvalue weighted by Gasteiger charge is 2.33. The molecule has 0 amide bonds. The van der Waals surface area contributed by atoms with Crippen molar-refractivity contribution in [2.24, 2.45) is 0 Å². The Kier molecular flexibility index (Phi) is 4.61. The van der Waals surface area contributed by atoms with E-state index in [1.165, 1.54) is 0 Å². The maximum atomic E-state index is 12.4. The molecule has 0 radical (unpaired) electrons. The van der Waals surface area contributed by atoms with E-state index in [0.717, 1.165) is 27.8 Å². The van der Waals surface area contributed by atoms with Crippen molar-refractivity contribution < 1.29 is 18.3 Å². The molecule has 0 bridgehead atoms. The molecule has 0 saturated heterocycles. The van der Waals surface area contributed by atoms with Crippen molar-refractivity contribution in [1.29, 1.82) is 0 Å². The zero-order valence-electron chi connectivity index (χ0n) is 10.4. The number of aliphatic hydroxyl groups is 1. The number of rotatable bonds is 5. The molecule has 2 N–H and O–H groups in total. The van der Waals surface area contributed by atoms with Gasteiger partial charge in [0.2, 0.25) is 0 Å². The van der Waals surface area contributed by atoms with Gasteiger partial charge in [0, 0.05) is 11.9 Å². The summed E-state index contributed by atoms with van der Waals surface area (Å²) < 4.78 is 37.1. The summed E-state index contributed by atoms with van der Waals surface area (Å²) in [4.78, 5) is 3.49. The Labute approximate surface area is 118 Å². The fraction of sp³-hybridized carbons (Fsp3) is 0.308. The van der Waals surface area contributed by atoms with E-state index in [0.29, 0.717) is 13.0 Å². The quantitative estimate of drug-likeness (QED) is 0.890. The molecule has 0 fully saturated rings. The van der Waals surface area contributed by atoms with Crippen molar-refractivity contribution in [1.82, 2.24) is 4.98 Å². The zero-order valence-corrected chi connectivity index (χ0v) is 11.3. The van der Waals surface area contributed by atoms with Gasteiger partial charge in [-0.15, -0.1) is 11.3 Å². The molecule has 2 rings (SSSR count). The SMILES string of the molecule is OCc1ccc(CCNc2nc(C(F)(F)F)cs2)cc1. The lowest BCUT2D eigenvalue weighted by Gasteiger charge is -2.04. The number of anilines is 1. The summed E-state index contributed by atoms with van der Waals surface area (Å²) in [7, 11) is 0. The normalized spacial score (nSPS) is 11.6. The molecule has 0 atom stereocenters. The monoisotopic (exact) mass is 302 g/mol. The van der Waals surface area contributed by atoms with Crippen LogP contribution in [0.2, 0.25) is 0 Å². The Morgan fingerprint density at radius 1 is 1.15 bits per heavy atom. The third kappa shape index (κ3) is 3.94. The maximum Gasteiger partial charge on any atom is 0.434 e. The minimum absolute atomic E-state index is 0.00212. The highest BCUT2D eigenvalue weighted by atomic mass is 32.1. The molecule has 0 aliphatic rings. The Balaban J connectivity index is 1.84. The highest BCUT2D eigenvalue weighted by molar-refractivity contribution is 7.13. The second-order valence-corrected chi connectivity index (χ2v) is 5.05. The summed E-state index contributed by atoms with van der Waals surface area (Å²) in [6, 6.07) is 7.41. The van der Waals surface area contributed by atoms with Gasteiger partial charge in [-0.3, -0.25) is 0 Å². The van der Waals surface area contributed by atoms with E-state index in [4.69, 9.17) is 5.11 Å². The van der Waals surface area contributed by atoms with E-state index in [9.17, 15) is 13.2 Å². The van der Waals surface area contributed by atoms with Gasteiger partial charge in [-0.05, 0) is 17.5 Å². The van der Waals surface area contributed by atoms with E-state index in [2.05, 4.69) is 10.3 Å². The van der Waals surface area contributed by atoms with Gasteiger partial charge in [0.25, 0.3) is 0 Å². The molecule has 0 unspecified atom stereocenters. The lowest BCUT2D eigenvalue weighted by atomic mass is 10.1. The van der Waals surface area contributed by atoms with Gasteiger partial charge in [-0.25, -0.2) is 4.98 Å². The molecule has 7 heteroatoms. The summed E-state index contributed by atoms with van der Waals surface area (Å²) in [5.74, 6) is 0. The molecule has 0 saturated carbocycles. The Bertz CT molecular complexity index is 551. The van der Waals surface area contributed by atoms with Crippen LogP contribution in [0.4, 0.5) is 18.3 Å². The minimum atomic E-state index is -4.39. The number of hydrogen-bond acceptors (Lipinski definition) is 4. The van der Waals surface area contributed by atoms with Crippen LogP contribution in [0, 0.1) is 0 Å². The number of aromatic nitrogens is 1. The van der Waals surface area contributed by atoms with Crippen LogP contribution in [0.3, 0.4) is 0 Å². The Morgan fingerprint density at radius 2 is 1.80 bits per heavy atom. The van der Waals surface area contributed by atoms with Crippen molar-refractivity contribution in [3.05, 3.63) is 46.5 Å². The number of nitrogens with zero attached hydrogens (tertiary/aromatic N) is 1. The van der Waals surface area contributed by atoms with Crippen molar-refractivity contribution in [3.8, 4) is 0 Å². The average molecular weight is 302 g/mol. The van der Waals surface area contributed by atoms with E-state index >= 15 is 0 Å². The van der Waals surface area contributed by atoms with Crippen LogP contribution in [-0.2, 0) is 19.2 Å². The number of hydrogen-bond donors (Lipinski definition) is 2. The first-order valence-corrected chi connectivity index (χ1v) is 6.82. The second-order valence-electron chi connectivity index (χ2n) is 4.19. The summed E-state index contributed by atoms with van der Waals surface area (Å²) in [5.41, 5.74) is 1.01. The lowest BCUT2D eigenvalue weighted by Crippen LogP contribution is -2.07. The van der Waals surface area contributed by atoms with Gasteiger partial charge < -0.3 is 10.4 Å². The first-order valence-electron chi connectivity index (χ1n) is 5.94. The van der Waals surface area contributed by atoms with Crippen LogP contribution in [0.15, 0.2) is 29.6 Å². The number of alkyl halides is 3. The third-order valence-corrected chi connectivity index (χ3v) is 3.49. The van der Waals surface area contributed by atoms with E-state index in [1.807, 2.05) is 24.3 Å². The van der Waals surface area contributed by atoms with E-state index in [-0.39, 0.29) is 11.7 Å². The summed E-state index contributed by atoms with van der Waals surface area (Å²) >= 11 is 0.942. The highest BCUT2D eigenvalue weighted by Crippen LogP contribution is 2.31. The van der Waals surface area contributed by atoms with Crippen molar-refractivity contribution in [2.75, 3.05) is 11.9 Å². The fourth-order valence-electron chi connectivity index (χ4n) is 1.61. The first kappa shape index (κ1) is 14.8. The molecule has 1 aromatic carbocycles. The molecule has 0 aliphatic carbocycles. The molecule has 0 aliphatic heterocycles. The van der Waals surface area contributed by atoms with Gasteiger partial charge >= 0.3 is 6.18 Å². The lowest BCUT2D eigenvalue weighted by molar-refractivity contribution is -0.140. The maximum absolute atomic E-state index is 12.4. The van der Waals surface area contributed by atoms with Gasteiger partial charge in [0.1, 0.15) is 0 Å². The summed E-state index contributed by atoms with van der Waals surface area (Å²) in [6.45, 7) is 0.501. The Hall–Kier alpha value is -1.60. The molecule has 1 aromatic heterocycles. The second kappa shape index (κ2) is 6.23. The number of aliphatic hydroxyl groups excluding tert-OH is 1. The van der Waals surface area contributed by atoms with Crippen LogP contribution in [-0.4, -0.2) is 16.6 Å². The first-order chi connectivity index (χ1) is 9.49. The number of nitrogens with one attached hydrogen (secondary N) is 1. The van der Waals surface area contributed by atoms with Crippen LogP contribution in [0.25, 0.3) is 0 Å². The van der Waals surface area contributed by atoms with Crippen LogP contribution in [0.5, 0.6) is 0 Å². The number of halogens is 3. The van der Waals surface area contributed by atoms with E-state index < -0.39 is 11.9 Å². The molecule has 2 aromatic rings. The van der Waals surface area contributed by atoms with Crippen molar-refractivity contribution in [3.63, 3.8) is 0 Å². The predicted molar refractivity (Wildman–Crippen MR) is 71.7 cm³/mol. The molecular formula is C13H13F3N2OS. The summed E-state index contributed by atoms with van der Waals surface area (Å²) in [5, 5.41) is 13.0. The van der Waals surface area contributed by atoms with Gasteiger partial charge in [0.05, 0.1) is 6.61 Å². The van der Waals surface area contributed by atoms with Gasteiger partial charge in [-0.2, -0.15) is 13.2 Å². The zero-order chi connectivity index (χ0) is 14.6. The van der Waals surface area contributed by atoms with Crippen molar-refractivity contribution in [2.45, 2.75) is 19.2 Å². The third-order valence-electron chi connectivity index (χ3n) is 2.69. The van der Waals surface area contributed by atoms with Gasteiger partial charge in [-0.1, -0.05) is 24.3 Å². The standard InChI is InChI=1S/C13H13F3N2OS/c14-13(15,16)11-8-20-12(18-11)17-6-5-9-1-3-10(7-19)4-2-9/h1-4,8,19H,5-7H2,(H,17,18). The van der Waals surface area contributed by atoms with Gasteiger partial charge in [0.15, 0.2) is 10.8 Å². The Morgan fingerprint density at radius 3 is 2.35 bits per heavy atom. The predicted octanol–water partition coefficient (Wildman–Crippen LogP) is 3.31. The molecule has 108 valence electrons.